The van der Waals surface area contributed by atoms with Gasteiger partial charge in [0.05, 0.1) is 12.1 Å². The van der Waals surface area contributed by atoms with E-state index in [1.165, 1.54) is 22.3 Å². The lowest BCUT2D eigenvalue weighted by Crippen LogP contribution is -2.31. The second-order valence-electron chi connectivity index (χ2n) is 7.05. The maximum Gasteiger partial charge on any atom is 0.0775 e. The van der Waals surface area contributed by atoms with E-state index in [2.05, 4.69) is 34.7 Å². The van der Waals surface area contributed by atoms with Crippen molar-refractivity contribution in [3.63, 3.8) is 0 Å². The van der Waals surface area contributed by atoms with Crippen LogP contribution in [0.3, 0.4) is 0 Å². The van der Waals surface area contributed by atoms with Crippen molar-refractivity contribution in [3.05, 3.63) is 70.8 Å². The summed E-state index contributed by atoms with van der Waals surface area (Å²) in [5, 5.41) is 16.0. The monoisotopic (exact) mass is 372 g/mol. The molecule has 1 heterocycles. The Balaban J connectivity index is 0.000000152. The van der Waals surface area contributed by atoms with Crippen LogP contribution in [0.2, 0.25) is 0 Å². The van der Waals surface area contributed by atoms with E-state index in [0.29, 0.717) is 11.5 Å². The number of aliphatic hydroxyl groups excluding tert-OH is 1. The summed E-state index contributed by atoms with van der Waals surface area (Å²) in [5.74, 6) is 5.09. The van der Waals surface area contributed by atoms with Gasteiger partial charge in [-0.05, 0) is 51.7 Å². The summed E-state index contributed by atoms with van der Waals surface area (Å²) in [6.07, 6.45) is 0.522. The first kappa shape index (κ1) is 19.1. The van der Waals surface area contributed by atoms with Crippen molar-refractivity contribution in [2.24, 2.45) is 0 Å². The minimum atomic E-state index is -1.92. The van der Waals surface area contributed by atoms with Gasteiger partial charge in [0, 0.05) is 24.0 Å². The largest absolute Gasteiger partial charge is 0.391 e. The number of benzene rings is 2. The van der Waals surface area contributed by atoms with Crippen LogP contribution in [0, 0.1) is 0 Å². The van der Waals surface area contributed by atoms with Gasteiger partial charge in [0.1, 0.15) is 0 Å². The Morgan fingerprint density at radius 3 is 2.27 bits per heavy atom. The van der Waals surface area contributed by atoms with Crippen LogP contribution in [0.25, 0.3) is 0 Å². The highest BCUT2D eigenvalue weighted by molar-refractivity contribution is 7.99. The number of fused-ring (bicyclic) bond motifs is 2. The van der Waals surface area contributed by atoms with Crippen LogP contribution in [0.15, 0.2) is 48.5 Å². The Morgan fingerprint density at radius 1 is 1.00 bits per heavy atom. The van der Waals surface area contributed by atoms with Gasteiger partial charge in [-0.15, -0.1) is 0 Å². The summed E-state index contributed by atoms with van der Waals surface area (Å²) in [7, 11) is 1.87. The third kappa shape index (κ3) is 4.01. The van der Waals surface area contributed by atoms with Crippen molar-refractivity contribution in [2.45, 2.75) is 30.4 Å². The Hall–Kier alpha value is -1.66. The highest BCUT2D eigenvalue weighted by Crippen LogP contribution is 2.30. The third-order valence-electron chi connectivity index (χ3n) is 5.18. The van der Waals surface area contributed by atoms with Gasteiger partial charge in [0.15, 0.2) is 0 Å². The summed E-state index contributed by atoms with van der Waals surface area (Å²) in [6.45, 7) is 0. The van der Waals surface area contributed by atoms with Gasteiger partial charge < -0.3 is 15.7 Å². The number of likely N-dealkylation sites (N-methyl/N-ethyl adjacent to an activating group) is 1. The molecule has 0 saturated carbocycles. The molecule has 0 radical (unpaired) electrons. The van der Waals surface area contributed by atoms with Crippen molar-refractivity contribution in [1.29, 1.82) is 0 Å². The lowest BCUT2D eigenvalue weighted by Gasteiger charge is -2.27. The second-order valence-corrected chi connectivity index (χ2v) is 9.61. The van der Waals surface area contributed by atoms with E-state index in [4.69, 9.17) is 0 Å². The Morgan fingerprint density at radius 2 is 1.62 bits per heavy atom. The average Bonchev–Trinajstić information content (AvgIpc) is 2.95. The van der Waals surface area contributed by atoms with E-state index in [-0.39, 0.29) is 18.2 Å². The molecule has 4 atom stereocenters. The third-order valence-corrected chi connectivity index (χ3v) is 6.96. The van der Waals surface area contributed by atoms with Crippen molar-refractivity contribution < 1.29 is 9.32 Å². The first-order valence-electron chi connectivity index (χ1n) is 8.96. The first-order chi connectivity index (χ1) is 12.4. The summed E-state index contributed by atoms with van der Waals surface area (Å²) in [4.78, 5) is 0. The maximum absolute atomic E-state index is 12.0. The van der Waals surface area contributed by atoms with Crippen LogP contribution in [0.5, 0.6) is 0 Å². The van der Waals surface area contributed by atoms with Gasteiger partial charge in [-0.25, -0.2) is 0 Å². The molecule has 140 valence electrons. The van der Waals surface area contributed by atoms with Crippen LogP contribution in [-0.2, 0) is 21.7 Å². The van der Waals surface area contributed by atoms with Crippen LogP contribution >= 0.6 is 0 Å². The van der Waals surface area contributed by atoms with Gasteiger partial charge in [0.2, 0.25) is 0 Å². The summed E-state index contributed by atoms with van der Waals surface area (Å²) in [5.41, 5.74) is 4.97. The molecule has 3 N–H and O–H groups in total. The molecular weight excluding hydrogens is 344 g/mol. The molecule has 1 unspecified atom stereocenters. The highest BCUT2D eigenvalue weighted by Gasteiger charge is 2.28. The van der Waals surface area contributed by atoms with Gasteiger partial charge in [-0.2, -0.15) is 0 Å². The van der Waals surface area contributed by atoms with Gasteiger partial charge in [0.25, 0.3) is 0 Å². The molecule has 1 aliphatic heterocycles. The second kappa shape index (κ2) is 7.92. The molecule has 0 spiro atoms. The molecule has 1 aliphatic carbocycles. The summed E-state index contributed by atoms with van der Waals surface area (Å²) < 4.78 is 12.0. The number of hydrogen-bond donors (Lipinski definition) is 3. The minimum Gasteiger partial charge on any atom is -0.391 e. The van der Waals surface area contributed by atoms with Crippen molar-refractivity contribution >= 4 is 15.4 Å². The Bertz CT molecular complexity index is 864. The Kier molecular flexibility index (Phi) is 5.82. The van der Waals surface area contributed by atoms with E-state index >= 15 is 0 Å². The smallest absolute Gasteiger partial charge is 0.0775 e. The number of hydrogen-bond acceptors (Lipinski definition) is 4. The molecule has 2 aromatic carbocycles. The molecule has 4 rings (SSSR count). The van der Waals surface area contributed by atoms with Gasteiger partial charge in [-0.3, -0.25) is 4.21 Å². The van der Waals surface area contributed by atoms with Gasteiger partial charge >= 0.3 is 0 Å². The molecule has 2 aromatic rings. The van der Waals surface area contributed by atoms with Crippen LogP contribution in [-0.4, -0.2) is 41.1 Å². The minimum absolute atomic E-state index is 0.126. The number of nitrogens with one attached hydrogen (secondary N) is 2. The van der Waals surface area contributed by atoms with Crippen LogP contribution in [0.1, 0.15) is 34.3 Å². The SMILES string of the molecule is C=S1(=O)Cc2ccccc2[C@H](NC)C1.CN[C@H]1c2ccccc2C[C@H]1O. The average molecular weight is 373 g/mol. The molecular formula is C21H28N2O2S. The molecule has 0 saturated heterocycles. The van der Waals surface area contributed by atoms with E-state index in [0.717, 1.165) is 6.42 Å². The van der Waals surface area contributed by atoms with E-state index in [1.54, 1.807) is 0 Å². The lowest BCUT2D eigenvalue weighted by atomic mass is 10.0. The van der Waals surface area contributed by atoms with E-state index in [1.807, 2.05) is 44.4 Å². The van der Waals surface area contributed by atoms with Crippen molar-refractivity contribution in [2.75, 3.05) is 19.8 Å². The molecule has 0 aromatic heterocycles. The molecule has 0 amide bonds. The predicted octanol–water partition coefficient (Wildman–Crippen LogP) is 2.04. The van der Waals surface area contributed by atoms with Crippen molar-refractivity contribution in [1.82, 2.24) is 10.6 Å². The first-order valence-corrected chi connectivity index (χ1v) is 11.0. The van der Waals surface area contributed by atoms with E-state index < -0.39 is 9.52 Å². The van der Waals surface area contributed by atoms with Crippen LogP contribution < -0.4 is 10.6 Å². The van der Waals surface area contributed by atoms with Gasteiger partial charge in [-0.1, -0.05) is 48.5 Å². The maximum atomic E-state index is 12.0. The van der Waals surface area contributed by atoms with Crippen LogP contribution in [0.4, 0.5) is 0 Å². The topological polar surface area (TPSA) is 61.4 Å². The number of rotatable bonds is 2. The molecule has 2 aliphatic rings. The van der Waals surface area contributed by atoms with E-state index in [9.17, 15) is 9.32 Å². The standard InChI is InChI=1S/C11H15NOS.C10H13NO/c1-12-11-8-14(2,13)7-9-5-3-4-6-10(9)11;1-11-10-8-5-3-2-4-7(8)6-9(10)12/h3-6,11-12H,2,7-8H2,1H3;2-5,9-12H,6H2,1H3/t11-,14?;9-,10+/m11/s1. The summed E-state index contributed by atoms with van der Waals surface area (Å²) >= 11 is 0. The zero-order valence-electron chi connectivity index (χ0n) is 15.4. The zero-order chi connectivity index (χ0) is 18.7. The summed E-state index contributed by atoms with van der Waals surface area (Å²) in [6, 6.07) is 16.7. The predicted molar refractivity (Wildman–Crippen MR) is 110 cm³/mol. The fraction of sp³-hybridized carbons (Fsp3) is 0.381. The fourth-order valence-electron chi connectivity index (χ4n) is 3.90. The lowest BCUT2D eigenvalue weighted by molar-refractivity contribution is 0.145. The number of aliphatic hydroxyl groups is 1. The molecule has 26 heavy (non-hydrogen) atoms. The molecule has 5 heteroatoms. The molecule has 0 bridgehead atoms. The fourth-order valence-corrected chi connectivity index (χ4v) is 5.80. The quantitative estimate of drug-likeness (QED) is 0.706. The normalized spacial score (nSPS) is 29.3. The zero-order valence-corrected chi connectivity index (χ0v) is 16.3. The highest BCUT2D eigenvalue weighted by atomic mass is 32.2. The Labute approximate surface area is 156 Å². The molecule has 0 fully saturated rings. The molecule has 4 nitrogen and oxygen atoms in total. The van der Waals surface area contributed by atoms with Crippen molar-refractivity contribution in [3.8, 4) is 0 Å².